The first kappa shape index (κ1) is 24.6. The summed E-state index contributed by atoms with van der Waals surface area (Å²) in [5.41, 5.74) is 2.06. The number of benzene rings is 1. The van der Waals surface area contributed by atoms with Crippen LogP contribution in [0, 0.1) is 5.92 Å². The molecule has 0 aliphatic carbocycles. The van der Waals surface area contributed by atoms with Crippen LogP contribution in [-0.2, 0) is 22.6 Å². The molecule has 31 heavy (non-hydrogen) atoms. The van der Waals surface area contributed by atoms with E-state index >= 15 is 0 Å². The number of rotatable bonds is 11. The lowest BCUT2D eigenvalue weighted by molar-refractivity contribution is -0.136. The van der Waals surface area contributed by atoms with E-state index in [2.05, 4.69) is 17.1 Å². The molecule has 0 amide bonds. The number of hydrogen-bond acceptors (Lipinski definition) is 5. The molecule has 1 aromatic heterocycles. The van der Waals surface area contributed by atoms with E-state index < -0.39 is 5.97 Å². The van der Waals surface area contributed by atoms with E-state index in [1.54, 1.807) is 25.4 Å². The first-order valence-electron chi connectivity index (χ1n) is 10.8. The summed E-state index contributed by atoms with van der Waals surface area (Å²) in [4.78, 5) is 14.3. The number of carboxylic acid groups (broad SMARTS) is 1. The number of methoxy groups -OCH3 is 1. The molecular formula is C25H33NO5. The number of aliphatic hydroxyl groups is 1. The maximum absolute atomic E-state index is 10.5. The van der Waals surface area contributed by atoms with Crippen LogP contribution in [0.3, 0.4) is 0 Å². The Morgan fingerprint density at radius 1 is 1.19 bits per heavy atom. The molecule has 6 nitrogen and oxygen atoms in total. The second kappa shape index (κ2) is 14.3. The van der Waals surface area contributed by atoms with Crippen molar-refractivity contribution in [3.63, 3.8) is 0 Å². The standard InChI is InChI=1S/C19H26O4.C6H7NO/c1-22-17-12-10-15(11-13-17)6-3-2-4-8-18-16(14-23-18)7-5-9-19(20)21;8-5-6-3-1-2-4-7-6/h5,7,10-13,16,18H,2-4,6,8-9,14H2,1H3,(H,20,21);1-4,8H,5H2. The Kier molecular flexibility index (Phi) is 11.4. The van der Waals surface area contributed by atoms with Crippen LogP contribution in [-0.4, -0.2) is 41.0 Å². The van der Waals surface area contributed by atoms with E-state index in [1.807, 2.05) is 30.3 Å². The largest absolute Gasteiger partial charge is 0.497 e. The molecule has 2 aromatic rings. The smallest absolute Gasteiger partial charge is 0.307 e. The van der Waals surface area contributed by atoms with Crippen LogP contribution in [0.15, 0.2) is 60.8 Å². The number of nitrogens with zero attached hydrogens (tertiary/aromatic N) is 1. The maximum Gasteiger partial charge on any atom is 0.307 e. The first-order valence-corrected chi connectivity index (χ1v) is 10.8. The third-order valence-electron chi connectivity index (χ3n) is 5.16. The van der Waals surface area contributed by atoms with Gasteiger partial charge >= 0.3 is 5.97 Å². The first-order chi connectivity index (χ1) is 15.1. The van der Waals surface area contributed by atoms with Crippen LogP contribution in [0.1, 0.15) is 43.4 Å². The van der Waals surface area contributed by atoms with E-state index in [0.717, 1.165) is 31.6 Å². The van der Waals surface area contributed by atoms with Crippen LogP contribution in [0.4, 0.5) is 0 Å². The molecule has 1 fully saturated rings. The number of carbonyl (C=O) groups is 1. The Balaban J connectivity index is 0.000000357. The summed E-state index contributed by atoms with van der Waals surface area (Å²) in [6.45, 7) is 0.757. The molecule has 2 atom stereocenters. The van der Waals surface area contributed by atoms with Crippen LogP contribution in [0.2, 0.25) is 0 Å². The number of carboxylic acids is 1. The number of aliphatic carboxylic acids is 1. The van der Waals surface area contributed by atoms with E-state index in [-0.39, 0.29) is 19.1 Å². The summed E-state index contributed by atoms with van der Waals surface area (Å²) < 4.78 is 10.7. The second-order valence-electron chi connectivity index (χ2n) is 7.49. The average molecular weight is 428 g/mol. The summed E-state index contributed by atoms with van der Waals surface area (Å²) in [6, 6.07) is 13.7. The lowest BCUT2D eigenvalue weighted by atomic mass is 9.92. The highest BCUT2D eigenvalue weighted by Gasteiger charge is 2.28. The zero-order valence-electron chi connectivity index (χ0n) is 18.2. The number of ether oxygens (including phenoxy) is 2. The Bertz CT molecular complexity index is 776. The summed E-state index contributed by atoms with van der Waals surface area (Å²) in [7, 11) is 1.68. The Hall–Kier alpha value is -2.70. The van der Waals surface area contributed by atoms with Crippen LogP contribution < -0.4 is 4.74 Å². The van der Waals surface area contributed by atoms with Crippen LogP contribution in [0.25, 0.3) is 0 Å². The number of unbranched alkanes of at least 4 members (excludes halogenated alkanes) is 2. The molecule has 3 rings (SSSR count). The van der Waals surface area contributed by atoms with Gasteiger partial charge in [0.1, 0.15) is 5.75 Å². The van der Waals surface area contributed by atoms with Gasteiger partial charge in [-0.25, -0.2) is 0 Å². The van der Waals surface area contributed by atoms with Gasteiger partial charge in [0.25, 0.3) is 0 Å². The topological polar surface area (TPSA) is 88.9 Å². The van der Waals surface area contributed by atoms with Gasteiger partial charge in [0.05, 0.1) is 38.5 Å². The van der Waals surface area contributed by atoms with Crippen molar-refractivity contribution in [1.82, 2.24) is 4.98 Å². The molecule has 1 aromatic carbocycles. The number of pyridine rings is 1. The highest BCUT2D eigenvalue weighted by molar-refractivity contribution is 5.68. The molecule has 2 N–H and O–H groups in total. The molecule has 1 saturated heterocycles. The molecule has 6 heteroatoms. The minimum atomic E-state index is -0.781. The van der Waals surface area contributed by atoms with Crippen molar-refractivity contribution in [1.29, 1.82) is 0 Å². The Labute approximate surface area is 184 Å². The highest BCUT2D eigenvalue weighted by Crippen LogP contribution is 2.27. The van der Waals surface area contributed by atoms with Gasteiger partial charge in [-0.15, -0.1) is 0 Å². The molecule has 1 aliphatic rings. The van der Waals surface area contributed by atoms with Gasteiger partial charge in [0.2, 0.25) is 0 Å². The molecule has 1 aliphatic heterocycles. The van der Waals surface area contributed by atoms with Crippen LogP contribution in [0.5, 0.6) is 5.75 Å². The minimum Gasteiger partial charge on any atom is -0.497 e. The van der Waals surface area contributed by atoms with Gasteiger partial charge in [-0.2, -0.15) is 0 Å². The van der Waals surface area contributed by atoms with Crippen molar-refractivity contribution >= 4 is 5.97 Å². The summed E-state index contributed by atoms with van der Waals surface area (Å²) in [5.74, 6) is 0.519. The number of aromatic nitrogens is 1. The van der Waals surface area contributed by atoms with Gasteiger partial charge < -0.3 is 19.7 Å². The molecular weight excluding hydrogens is 394 g/mol. The molecule has 0 saturated carbocycles. The van der Waals surface area contributed by atoms with Gasteiger partial charge in [-0.1, -0.05) is 43.2 Å². The molecule has 2 heterocycles. The predicted octanol–water partition coefficient (Wildman–Crippen LogP) is 4.42. The zero-order valence-corrected chi connectivity index (χ0v) is 18.2. The number of aliphatic hydroxyl groups excluding tert-OH is 1. The lowest BCUT2D eigenvalue weighted by Crippen LogP contribution is -2.38. The number of hydrogen-bond donors (Lipinski definition) is 2. The van der Waals surface area contributed by atoms with E-state index in [0.29, 0.717) is 11.6 Å². The van der Waals surface area contributed by atoms with Crippen LogP contribution >= 0.6 is 0 Å². The van der Waals surface area contributed by atoms with Crippen molar-refractivity contribution in [2.45, 2.75) is 51.2 Å². The maximum atomic E-state index is 10.5. The lowest BCUT2D eigenvalue weighted by Gasteiger charge is -2.35. The highest BCUT2D eigenvalue weighted by atomic mass is 16.5. The van der Waals surface area contributed by atoms with Crippen molar-refractivity contribution in [2.24, 2.45) is 5.92 Å². The predicted molar refractivity (Wildman–Crippen MR) is 120 cm³/mol. The fourth-order valence-electron chi connectivity index (χ4n) is 3.30. The molecule has 0 radical (unpaired) electrons. The monoisotopic (exact) mass is 427 g/mol. The van der Waals surface area contributed by atoms with E-state index in [1.165, 1.54) is 18.4 Å². The van der Waals surface area contributed by atoms with Gasteiger partial charge in [0, 0.05) is 12.1 Å². The van der Waals surface area contributed by atoms with Gasteiger partial charge in [-0.05, 0) is 49.1 Å². The number of aryl methyl sites for hydroxylation is 1. The van der Waals surface area contributed by atoms with E-state index in [9.17, 15) is 4.79 Å². The van der Waals surface area contributed by atoms with Gasteiger partial charge in [-0.3, -0.25) is 9.78 Å². The molecule has 0 spiro atoms. The summed E-state index contributed by atoms with van der Waals surface area (Å²) in [6.07, 6.45) is 11.5. The third kappa shape index (κ3) is 9.77. The Morgan fingerprint density at radius 2 is 2.00 bits per heavy atom. The normalized spacial score (nSPS) is 17.5. The van der Waals surface area contributed by atoms with Crippen molar-refractivity contribution < 1.29 is 24.5 Å². The minimum absolute atomic E-state index is 0.0286. The quantitative estimate of drug-likeness (QED) is 0.408. The SMILES string of the molecule is COc1ccc(CCCCCC2OCC2C=CCC(=O)O)cc1.OCc1ccccn1. The average Bonchev–Trinajstić information content (AvgIpc) is 2.79. The summed E-state index contributed by atoms with van der Waals surface area (Å²) in [5, 5.41) is 17.1. The third-order valence-corrected chi connectivity index (χ3v) is 5.16. The van der Waals surface area contributed by atoms with Crippen molar-refractivity contribution in [2.75, 3.05) is 13.7 Å². The summed E-state index contributed by atoms with van der Waals surface area (Å²) >= 11 is 0. The molecule has 168 valence electrons. The van der Waals surface area contributed by atoms with Crippen molar-refractivity contribution in [3.8, 4) is 5.75 Å². The zero-order chi connectivity index (χ0) is 22.3. The van der Waals surface area contributed by atoms with E-state index in [4.69, 9.17) is 19.7 Å². The molecule has 2 unspecified atom stereocenters. The Morgan fingerprint density at radius 3 is 2.55 bits per heavy atom. The fourth-order valence-corrected chi connectivity index (χ4v) is 3.30. The second-order valence-corrected chi connectivity index (χ2v) is 7.49. The fraction of sp³-hybridized carbons (Fsp3) is 0.440. The van der Waals surface area contributed by atoms with Gasteiger partial charge in [0.15, 0.2) is 0 Å². The molecule has 0 bridgehead atoms. The van der Waals surface area contributed by atoms with Crippen molar-refractivity contribution in [3.05, 3.63) is 72.1 Å².